The van der Waals surface area contributed by atoms with E-state index in [2.05, 4.69) is 15.1 Å². The molecule has 0 aliphatic carbocycles. The third-order valence-electron chi connectivity index (χ3n) is 3.33. The number of amides is 1. The molecule has 2 aromatic heterocycles. The zero-order valence-electron chi connectivity index (χ0n) is 11.5. The Bertz CT molecular complexity index is 636. The Hall–Kier alpha value is -2.24. The molecule has 6 heteroatoms. The lowest BCUT2D eigenvalue weighted by Gasteiger charge is -2.13. The molecule has 3 heterocycles. The summed E-state index contributed by atoms with van der Waals surface area (Å²) in [7, 11) is 0. The normalized spacial score (nSPS) is 14.2. The van der Waals surface area contributed by atoms with Crippen molar-refractivity contribution in [3.8, 4) is 0 Å². The Kier molecular flexibility index (Phi) is 3.22. The standard InChI is InChI=1S/C14H16N4O2/c1-9(2)13-16-12(17-20-13)5-7-18-8-11-10(14(18)19)4-3-6-15-11/h3-4,6,9H,5,7-8H2,1-2H3. The van der Waals surface area contributed by atoms with Crippen LogP contribution >= 0.6 is 0 Å². The van der Waals surface area contributed by atoms with Crippen LogP contribution in [0.2, 0.25) is 0 Å². The van der Waals surface area contributed by atoms with Crippen molar-refractivity contribution in [1.29, 1.82) is 0 Å². The number of hydrogen-bond acceptors (Lipinski definition) is 5. The van der Waals surface area contributed by atoms with Gasteiger partial charge in [-0.2, -0.15) is 4.98 Å². The maximum absolute atomic E-state index is 12.2. The SMILES string of the molecule is CC(C)c1nc(CCN2Cc3ncccc3C2=O)no1. The summed E-state index contributed by atoms with van der Waals surface area (Å²) < 4.78 is 5.15. The molecule has 0 atom stereocenters. The quantitative estimate of drug-likeness (QED) is 0.848. The molecule has 1 amide bonds. The zero-order chi connectivity index (χ0) is 14.1. The third kappa shape index (κ3) is 2.29. The molecule has 0 bridgehead atoms. The summed E-state index contributed by atoms with van der Waals surface area (Å²) in [5.41, 5.74) is 1.54. The fourth-order valence-electron chi connectivity index (χ4n) is 2.20. The number of pyridine rings is 1. The monoisotopic (exact) mass is 272 g/mol. The van der Waals surface area contributed by atoms with E-state index in [9.17, 15) is 4.79 Å². The van der Waals surface area contributed by atoms with E-state index in [0.717, 1.165) is 5.69 Å². The van der Waals surface area contributed by atoms with Crippen molar-refractivity contribution < 1.29 is 9.32 Å². The van der Waals surface area contributed by atoms with Gasteiger partial charge in [-0.1, -0.05) is 19.0 Å². The predicted octanol–water partition coefficient (Wildman–Crippen LogP) is 1.79. The average Bonchev–Trinajstić information content (AvgIpc) is 3.03. The summed E-state index contributed by atoms with van der Waals surface area (Å²) in [6.07, 6.45) is 2.31. The Labute approximate surface area is 116 Å². The van der Waals surface area contributed by atoms with Gasteiger partial charge in [-0.25, -0.2) is 0 Å². The number of nitrogens with zero attached hydrogens (tertiary/aromatic N) is 4. The first-order chi connectivity index (χ1) is 9.65. The van der Waals surface area contributed by atoms with Crippen LogP contribution in [0.5, 0.6) is 0 Å². The van der Waals surface area contributed by atoms with Crippen LogP contribution in [0.4, 0.5) is 0 Å². The van der Waals surface area contributed by atoms with Crippen LogP contribution in [0.25, 0.3) is 0 Å². The van der Waals surface area contributed by atoms with Gasteiger partial charge in [0.15, 0.2) is 5.82 Å². The summed E-state index contributed by atoms with van der Waals surface area (Å²) in [6.45, 7) is 5.14. The van der Waals surface area contributed by atoms with Crippen LogP contribution in [0.15, 0.2) is 22.9 Å². The number of hydrogen-bond donors (Lipinski definition) is 0. The molecule has 0 unspecified atom stereocenters. The van der Waals surface area contributed by atoms with Crippen molar-refractivity contribution in [2.24, 2.45) is 0 Å². The lowest BCUT2D eigenvalue weighted by molar-refractivity contribution is 0.0779. The lowest BCUT2D eigenvalue weighted by Crippen LogP contribution is -2.26. The highest BCUT2D eigenvalue weighted by molar-refractivity contribution is 5.97. The van der Waals surface area contributed by atoms with Crippen molar-refractivity contribution >= 4 is 5.91 Å². The minimum atomic E-state index is 0.0284. The molecule has 20 heavy (non-hydrogen) atoms. The van der Waals surface area contributed by atoms with E-state index in [-0.39, 0.29) is 11.8 Å². The number of carbonyl (C=O) groups excluding carboxylic acids is 1. The molecule has 0 fully saturated rings. The topological polar surface area (TPSA) is 72.1 Å². The van der Waals surface area contributed by atoms with Gasteiger partial charge in [0, 0.05) is 25.1 Å². The molecule has 6 nitrogen and oxygen atoms in total. The van der Waals surface area contributed by atoms with E-state index in [0.29, 0.717) is 36.8 Å². The van der Waals surface area contributed by atoms with E-state index >= 15 is 0 Å². The fourth-order valence-corrected chi connectivity index (χ4v) is 2.20. The van der Waals surface area contributed by atoms with Crippen molar-refractivity contribution in [3.63, 3.8) is 0 Å². The van der Waals surface area contributed by atoms with E-state index in [4.69, 9.17) is 4.52 Å². The van der Waals surface area contributed by atoms with Gasteiger partial charge in [0.1, 0.15) is 0 Å². The molecule has 2 aromatic rings. The first kappa shape index (κ1) is 12.8. The van der Waals surface area contributed by atoms with Crippen molar-refractivity contribution in [2.45, 2.75) is 32.7 Å². The van der Waals surface area contributed by atoms with Crippen LogP contribution in [0.3, 0.4) is 0 Å². The molecule has 1 aliphatic rings. The summed E-state index contributed by atoms with van der Waals surface area (Å²) in [5.74, 6) is 1.53. The second kappa shape index (κ2) is 5.03. The number of carbonyl (C=O) groups is 1. The minimum absolute atomic E-state index is 0.0284. The molecule has 104 valence electrons. The van der Waals surface area contributed by atoms with Gasteiger partial charge >= 0.3 is 0 Å². The Balaban J connectivity index is 1.64. The predicted molar refractivity (Wildman–Crippen MR) is 71.1 cm³/mol. The highest BCUT2D eigenvalue weighted by Gasteiger charge is 2.27. The van der Waals surface area contributed by atoms with Crippen LogP contribution in [-0.2, 0) is 13.0 Å². The summed E-state index contributed by atoms with van der Waals surface area (Å²) in [6, 6.07) is 3.60. The molecule has 1 aliphatic heterocycles. The van der Waals surface area contributed by atoms with Crippen molar-refractivity contribution in [3.05, 3.63) is 41.3 Å². The summed E-state index contributed by atoms with van der Waals surface area (Å²) in [4.78, 5) is 22.5. The second-order valence-corrected chi connectivity index (χ2v) is 5.18. The smallest absolute Gasteiger partial charge is 0.256 e. The summed E-state index contributed by atoms with van der Waals surface area (Å²) in [5, 5.41) is 3.93. The molecule has 0 N–H and O–H groups in total. The Morgan fingerprint density at radius 1 is 1.45 bits per heavy atom. The summed E-state index contributed by atoms with van der Waals surface area (Å²) >= 11 is 0. The van der Waals surface area contributed by atoms with Gasteiger partial charge in [0.05, 0.1) is 17.8 Å². The Morgan fingerprint density at radius 3 is 3.00 bits per heavy atom. The van der Waals surface area contributed by atoms with Gasteiger partial charge in [-0.15, -0.1) is 0 Å². The molecule has 0 saturated carbocycles. The third-order valence-corrected chi connectivity index (χ3v) is 3.33. The molecule has 0 spiro atoms. The molecule has 0 saturated heterocycles. The van der Waals surface area contributed by atoms with Gasteiger partial charge in [0.25, 0.3) is 5.91 Å². The highest BCUT2D eigenvalue weighted by atomic mass is 16.5. The maximum Gasteiger partial charge on any atom is 0.256 e. The fraction of sp³-hybridized carbons (Fsp3) is 0.429. The van der Waals surface area contributed by atoms with Crippen molar-refractivity contribution in [2.75, 3.05) is 6.54 Å². The maximum atomic E-state index is 12.2. The first-order valence-electron chi connectivity index (χ1n) is 6.71. The largest absolute Gasteiger partial charge is 0.339 e. The molecule has 0 aromatic carbocycles. The number of rotatable bonds is 4. The van der Waals surface area contributed by atoms with Crippen LogP contribution in [0, 0.1) is 0 Å². The van der Waals surface area contributed by atoms with Gasteiger partial charge in [-0.3, -0.25) is 9.78 Å². The van der Waals surface area contributed by atoms with Gasteiger partial charge < -0.3 is 9.42 Å². The number of aromatic nitrogens is 3. The van der Waals surface area contributed by atoms with E-state index in [1.807, 2.05) is 19.9 Å². The average molecular weight is 272 g/mol. The molecule has 0 radical (unpaired) electrons. The minimum Gasteiger partial charge on any atom is -0.339 e. The first-order valence-corrected chi connectivity index (χ1v) is 6.71. The van der Waals surface area contributed by atoms with E-state index in [1.165, 1.54) is 0 Å². The molecular weight excluding hydrogens is 256 g/mol. The van der Waals surface area contributed by atoms with E-state index in [1.54, 1.807) is 17.2 Å². The lowest BCUT2D eigenvalue weighted by atomic mass is 10.2. The van der Waals surface area contributed by atoms with Crippen molar-refractivity contribution in [1.82, 2.24) is 20.0 Å². The van der Waals surface area contributed by atoms with Gasteiger partial charge in [-0.05, 0) is 12.1 Å². The second-order valence-electron chi connectivity index (χ2n) is 5.18. The highest BCUT2D eigenvalue weighted by Crippen LogP contribution is 2.20. The zero-order valence-corrected chi connectivity index (χ0v) is 11.5. The Morgan fingerprint density at radius 2 is 2.30 bits per heavy atom. The number of fused-ring (bicyclic) bond motifs is 1. The van der Waals surface area contributed by atoms with Crippen LogP contribution < -0.4 is 0 Å². The molecular formula is C14H16N4O2. The molecule has 3 rings (SSSR count). The van der Waals surface area contributed by atoms with E-state index < -0.39 is 0 Å². The van der Waals surface area contributed by atoms with Crippen LogP contribution in [-0.4, -0.2) is 32.5 Å². The van der Waals surface area contributed by atoms with Gasteiger partial charge in [0.2, 0.25) is 5.89 Å². The van der Waals surface area contributed by atoms with Crippen LogP contribution in [0.1, 0.15) is 47.5 Å².